The Hall–Kier alpha value is -2.31. The van der Waals surface area contributed by atoms with Crippen molar-refractivity contribution in [2.75, 3.05) is 38.5 Å². The second kappa shape index (κ2) is 9.46. The number of hydrogen-bond donors (Lipinski definition) is 0. The zero-order chi connectivity index (χ0) is 20.1. The van der Waals surface area contributed by atoms with Gasteiger partial charge in [0.15, 0.2) is 5.16 Å². The number of nitrogens with zero attached hydrogens (tertiary/aromatic N) is 4. The number of para-hydroxylation sites is 2. The molecule has 2 aromatic carbocycles. The fourth-order valence-electron chi connectivity index (χ4n) is 3.84. The zero-order valence-electron chi connectivity index (χ0n) is 17.0. The Labute approximate surface area is 176 Å². The average molecular weight is 409 g/mol. The van der Waals surface area contributed by atoms with E-state index in [2.05, 4.69) is 52.8 Å². The molecule has 6 heteroatoms. The van der Waals surface area contributed by atoms with Gasteiger partial charge in [-0.2, -0.15) is 0 Å². The first-order valence-electron chi connectivity index (χ1n) is 10.4. The van der Waals surface area contributed by atoms with Gasteiger partial charge in [0.25, 0.3) is 0 Å². The van der Waals surface area contributed by atoms with Crippen LogP contribution in [0.1, 0.15) is 12.5 Å². The van der Waals surface area contributed by atoms with Crippen molar-refractivity contribution in [3.8, 4) is 0 Å². The summed E-state index contributed by atoms with van der Waals surface area (Å²) in [7, 11) is 0. The molecule has 152 valence electrons. The molecule has 1 aliphatic rings. The minimum absolute atomic E-state index is 0.215. The Balaban J connectivity index is 1.26. The summed E-state index contributed by atoms with van der Waals surface area (Å²) in [6, 6.07) is 18.8. The van der Waals surface area contributed by atoms with Gasteiger partial charge in [0.2, 0.25) is 5.91 Å². The van der Waals surface area contributed by atoms with Gasteiger partial charge < -0.3 is 9.47 Å². The van der Waals surface area contributed by atoms with Crippen LogP contribution in [0.25, 0.3) is 11.0 Å². The highest BCUT2D eigenvalue weighted by molar-refractivity contribution is 7.99. The van der Waals surface area contributed by atoms with E-state index in [1.165, 1.54) is 5.56 Å². The summed E-state index contributed by atoms with van der Waals surface area (Å²) in [5.74, 6) is 0.667. The molecule has 0 spiro atoms. The Kier molecular flexibility index (Phi) is 6.52. The van der Waals surface area contributed by atoms with Crippen LogP contribution in [0.2, 0.25) is 0 Å². The van der Waals surface area contributed by atoms with Crippen molar-refractivity contribution in [3.63, 3.8) is 0 Å². The lowest BCUT2D eigenvalue weighted by molar-refractivity contribution is -0.130. The molecule has 0 N–H and O–H groups in total. The lowest BCUT2D eigenvalue weighted by Crippen LogP contribution is -2.49. The molecule has 0 aliphatic carbocycles. The monoisotopic (exact) mass is 408 g/mol. The van der Waals surface area contributed by atoms with Crippen LogP contribution in [-0.4, -0.2) is 63.7 Å². The molecule has 2 heterocycles. The first-order valence-corrected chi connectivity index (χ1v) is 11.4. The summed E-state index contributed by atoms with van der Waals surface area (Å²) in [4.78, 5) is 21.9. The normalized spacial score (nSPS) is 15.1. The molecule has 0 saturated carbocycles. The molecule has 1 saturated heterocycles. The lowest BCUT2D eigenvalue weighted by Gasteiger charge is -2.34. The van der Waals surface area contributed by atoms with Gasteiger partial charge in [0.05, 0.1) is 16.8 Å². The van der Waals surface area contributed by atoms with E-state index in [0.29, 0.717) is 5.75 Å². The molecule has 0 unspecified atom stereocenters. The van der Waals surface area contributed by atoms with Crippen molar-refractivity contribution in [1.82, 2.24) is 19.4 Å². The number of aromatic nitrogens is 2. The van der Waals surface area contributed by atoms with Crippen molar-refractivity contribution >= 4 is 28.7 Å². The molecule has 4 rings (SSSR count). The first-order chi connectivity index (χ1) is 14.2. The third-order valence-electron chi connectivity index (χ3n) is 5.55. The number of carbonyl (C=O) groups excluding carboxylic acids is 1. The number of rotatable bonds is 7. The van der Waals surface area contributed by atoms with Gasteiger partial charge in [0, 0.05) is 39.3 Å². The quantitative estimate of drug-likeness (QED) is 0.561. The SMILES string of the molecule is CCn1c(SCC(=O)N2CCN(CCc3ccccc3)CC2)nc2ccccc21. The van der Waals surface area contributed by atoms with E-state index in [1.807, 2.05) is 23.1 Å². The Morgan fingerprint density at radius 1 is 1.00 bits per heavy atom. The zero-order valence-corrected chi connectivity index (χ0v) is 17.8. The van der Waals surface area contributed by atoms with E-state index in [1.54, 1.807) is 11.8 Å². The standard InChI is InChI=1S/C23H28N4OS/c1-2-27-21-11-7-6-10-20(21)24-23(27)29-18-22(28)26-16-14-25(15-17-26)13-12-19-8-4-3-5-9-19/h3-11H,2,12-18H2,1H3. The van der Waals surface area contributed by atoms with E-state index in [9.17, 15) is 4.79 Å². The van der Waals surface area contributed by atoms with E-state index >= 15 is 0 Å². The number of thioether (sulfide) groups is 1. The average Bonchev–Trinajstić information content (AvgIpc) is 3.14. The fourth-order valence-corrected chi connectivity index (χ4v) is 4.82. The van der Waals surface area contributed by atoms with Crippen LogP contribution >= 0.6 is 11.8 Å². The highest BCUT2D eigenvalue weighted by Crippen LogP contribution is 2.24. The summed E-state index contributed by atoms with van der Waals surface area (Å²) in [5.41, 5.74) is 3.51. The number of benzene rings is 2. The van der Waals surface area contributed by atoms with Crippen LogP contribution in [0, 0.1) is 0 Å². The number of hydrogen-bond acceptors (Lipinski definition) is 4. The third kappa shape index (κ3) is 4.82. The Morgan fingerprint density at radius 2 is 1.72 bits per heavy atom. The smallest absolute Gasteiger partial charge is 0.233 e. The van der Waals surface area contributed by atoms with Gasteiger partial charge >= 0.3 is 0 Å². The minimum Gasteiger partial charge on any atom is -0.339 e. The lowest BCUT2D eigenvalue weighted by atomic mass is 10.1. The number of amides is 1. The summed E-state index contributed by atoms with van der Waals surface area (Å²) in [6.45, 7) is 7.58. The van der Waals surface area contributed by atoms with E-state index in [4.69, 9.17) is 4.98 Å². The van der Waals surface area contributed by atoms with Gasteiger partial charge in [-0.05, 0) is 31.0 Å². The number of piperazine rings is 1. The molecular formula is C23H28N4OS. The molecule has 1 aromatic heterocycles. The summed E-state index contributed by atoms with van der Waals surface area (Å²) in [6.07, 6.45) is 1.07. The molecule has 0 radical (unpaired) electrons. The summed E-state index contributed by atoms with van der Waals surface area (Å²) >= 11 is 1.55. The predicted molar refractivity (Wildman–Crippen MR) is 119 cm³/mol. The van der Waals surface area contributed by atoms with Crippen LogP contribution in [0.4, 0.5) is 0 Å². The van der Waals surface area contributed by atoms with Crippen molar-refractivity contribution in [1.29, 1.82) is 0 Å². The maximum atomic E-state index is 12.7. The molecule has 1 aliphatic heterocycles. The van der Waals surface area contributed by atoms with Crippen molar-refractivity contribution in [2.24, 2.45) is 0 Å². The number of imidazole rings is 1. The second-order valence-corrected chi connectivity index (χ2v) is 8.32. The van der Waals surface area contributed by atoms with Crippen molar-refractivity contribution < 1.29 is 4.79 Å². The molecule has 1 amide bonds. The van der Waals surface area contributed by atoms with Gasteiger partial charge in [-0.15, -0.1) is 0 Å². The van der Waals surface area contributed by atoms with E-state index in [-0.39, 0.29) is 5.91 Å². The predicted octanol–water partition coefficient (Wildman–Crippen LogP) is 3.54. The Morgan fingerprint density at radius 3 is 2.48 bits per heavy atom. The molecule has 0 atom stereocenters. The van der Waals surface area contributed by atoms with Crippen LogP contribution in [0.15, 0.2) is 59.8 Å². The van der Waals surface area contributed by atoms with Gasteiger partial charge in [-0.25, -0.2) is 4.98 Å². The van der Waals surface area contributed by atoms with Crippen LogP contribution in [0.5, 0.6) is 0 Å². The molecule has 3 aromatic rings. The molecule has 29 heavy (non-hydrogen) atoms. The maximum absolute atomic E-state index is 12.7. The van der Waals surface area contributed by atoms with Gasteiger partial charge in [-0.3, -0.25) is 9.69 Å². The third-order valence-corrected chi connectivity index (χ3v) is 6.51. The fraction of sp³-hybridized carbons (Fsp3) is 0.391. The summed E-state index contributed by atoms with van der Waals surface area (Å²) in [5, 5.41) is 0.934. The first kappa shape index (κ1) is 20.0. The Bertz CT molecular complexity index is 948. The highest BCUT2D eigenvalue weighted by atomic mass is 32.2. The molecular weight excluding hydrogens is 380 g/mol. The molecule has 1 fully saturated rings. The van der Waals surface area contributed by atoms with Crippen LogP contribution in [-0.2, 0) is 17.8 Å². The van der Waals surface area contributed by atoms with Crippen LogP contribution < -0.4 is 0 Å². The molecule has 0 bridgehead atoms. The molecule has 5 nitrogen and oxygen atoms in total. The topological polar surface area (TPSA) is 41.4 Å². The highest BCUT2D eigenvalue weighted by Gasteiger charge is 2.21. The number of aryl methyl sites for hydroxylation is 1. The van der Waals surface area contributed by atoms with Gasteiger partial charge in [-0.1, -0.05) is 54.2 Å². The largest absolute Gasteiger partial charge is 0.339 e. The van der Waals surface area contributed by atoms with Crippen molar-refractivity contribution in [2.45, 2.75) is 25.0 Å². The van der Waals surface area contributed by atoms with Crippen LogP contribution in [0.3, 0.4) is 0 Å². The maximum Gasteiger partial charge on any atom is 0.233 e. The van der Waals surface area contributed by atoms with E-state index in [0.717, 1.165) is 61.9 Å². The van der Waals surface area contributed by atoms with Gasteiger partial charge in [0.1, 0.15) is 0 Å². The number of fused-ring (bicyclic) bond motifs is 1. The minimum atomic E-state index is 0.215. The van der Waals surface area contributed by atoms with E-state index < -0.39 is 0 Å². The second-order valence-electron chi connectivity index (χ2n) is 7.37. The number of carbonyl (C=O) groups is 1. The van der Waals surface area contributed by atoms with Crippen molar-refractivity contribution in [3.05, 3.63) is 60.2 Å². The summed E-state index contributed by atoms with van der Waals surface area (Å²) < 4.78 is 2.19.